The minimum absolute atomic E-state index is 0.305. The number of furan rings is 1. The third-order valence-electron chi connectivity index (χ3n) is 4.25. The van der Waals surface area contributed by atoms with Crippen molar-refractivity contribution in [2.24, 2.45) is 5.92 Å². The lowest BCUT2D eigenvalue weighted by Gasteiger charge is -2.12. The van der Waals surface area contributed by atoms with Crippen LogP contribution in [0.25, 0.3) is 6.08 Å². The molecule has 2 aromatic rings. The number of halogens is 1. The van der Waals surface area contributed by atoms with Gasteiger partial charge in [0.1, 0.15) is 23.0 Å². The molecule has 0 spiro atoms. The van der Waals surface area contributed by atoms with Crippen LogP contribution in [0.2, 0.25) is 5.02 Å². The second-order valence-electron chi connectivity index (χ2n) is 6.07. The number of anilines is 1. The zero-order valence-electron chi connectivity index (χ0n) is 14.3. The number of amides is 1. The van der Waals surface area contributed by atoms with E-state index in [4.69, 9.17) is 25.5 Å². The number of hydrogen-bond donors (Lipinski definition) is 1. The first-order valence-corrected chi connectivity index (χ1v) is 8.40. The van der Waals surface area contributed by atoms with Crippen LogP contribution < -0.4 is 14.8 Å². The van der Waals surface area contributed by atoms with Gasteiger partial charge in [-0.1, -0.05) is 18.5 Å². The molecule has 0 unspecified atom stereocenters. The van der Waals surface area contributed by atoms with Gasteiger partial charge in [0.05, 0.1) is 24.9 Å². The molecule has 1 fully saturated rings. The third kappa shape index (κ3) is 3.99. The molecule has 0 aliphatic heterocycles. The summed E-state index contributed by atoms with van der Waals surface area (Å²) in [6.07, 6.45) is 4.22. The lowest BCUT2D eigenvalue weighted by molar-refractivity contribution is -0.111. The van der Waals surface area contributed by atoms with Gasteiger partial charge in [-0.15, -0.1) is 0 Å². The van der Waals surface area contributed by atoms with Crippen LogP contribution in [0.1, 0.15) is 30.8 Å². The van der Waals surface area contributed by atoms with Crippen LogP contribution in [-0.4, -0.2) is 20.1 Å². The zero-order valence-corrected chi connectivity index (χ0v) is 15.1. The Morgan fingerprint density at radius 2 is 2.00 bits per heavy atom. The Labute approximate surface area is 151 Å². The first-order valence-electron chi connectivity index (χ1n) is 8.02. The van der Waals surface area contributed by atoms with E-state index in [0.717, 1.165) is 12.2 Å². The molecule has 132 valence electrons. The first-order chi connectivity index (χ1) is 12.0. The molecule has 6 heteroatoms. The standard InChI is InChI=1S/C19H20ClNO4/c1-11-8-13(11)16-6-4-12(25-16)5-7-19(22)21-15-10-17(23-2)14(20)9-18(15)24-3/h4-7,9-11,13H,8H2,1-3H3,(H,21,22)/b7-5+/t11-,13-/m0/s1. The summed E-state index contributed by atoms with van der Waals surface area (Å²) in [5.74, 6) is 3.44. The first kappa shape index (κ1) is 17.4. The molecule has 0 radical (unpaired) electrons. The van der Waals surface area contributed by atoms with E-state index in [2.05, 4.69) is 12.2 Å². The Morgan fingerprint density at radius 1 is 1.28 bits per heavy atom. The highest BCUT2D eigenvalue weighted by Gasteiger charge is 2.36. The molecule has 0 bridgehead atoms. The SMILES string of the molecule is COc1cc(NC(=O)/C=C/c2ccc([C@H]3C[C@@H]3C)o2)c(OC)cc1Cl. The van der Waals surface area contributed by atoms with Gasteiger partial charge in [0, 0.05) is 24.1 Å². The molecule has 1 aliphatic carbocycles. The summed E-state index contributed by atoms with van der Waals surface area (Å²) in [5.41, 5.74) is 0.477. The maximum atomic E-state index is 12.2. The Balaban J connectivity index is 1.68. The summed E-state index contributed by atoms with van der Waals surface area (Å²) >= 11 is 6.06. The summed E-state index contributed by atoms with van der Waals surface area (Å²) in [5, 5.41) is 3.16. The highest BCUT2D eigenvalue weighted by atomic mass is 35.5. The number of nitrogens with one attached hydrogen (secondary N) is 1. The molecule has 2 atom stereocenters. The van der Waals surface area contributed by atoms with Gasteiger partial charge in [-0.25, -0.2) is 0 Å². The number of carbonyl (C=O) groups excluding carboxylic acids is 1. The fourth-order valence-corrected chi connectivity index (χ4v) is 2.90. The van der Waals surface area contributed by atoms with Crippen molar-refractivity contribution in [2.75, 3.05) is 19.5 Å². The molecule has 1 aromatic heterocycles. The lowest BCUT2D eigenvalue weighted by atomic mass is 10.2. The smallest absolute Gasteiger partial charge is 0.248 e. The summed E-state index contributed by atoms with van der Waals surface area (Å²) in [6.45, 7) is 2.20. The minimum atomic E-state index is -0.305. The van der Waals surface area contributed by atoms with Gasteiger partial charge in [-0.2, -0.15) is 0 Å². The number of benzene rings is 1. The Bertz CT molecular complexity index is 812. The van der Waals surface area contributed by atoms with Gasteiger partial charge in [0.2, 0.25) is 5.91 Å². The van der Waals surface area contributed by atoms with Crippen molar-refractivity contribution in [3.63, 3.8) is 0 Å². The van der Waals surface area contributed by atoms with Crippen molar-refractivity contribution in [3.8, 4) is 11.5 Å². The van der Waals surface area contributed by atoms with Gasteiger partial charge in [0.15, 0.2) is 0 Å². The summed E-state index contributed by atoms with van der Waals surface area (Å²) in [4.78, 5) is 12.2. The van der Waals surface area contributed by atoms with E-state index in [1.807, 2.05) is 12.1 Å². The molecule has 1 N–H and O–H groups in total. The van der Waals surface area contributed by atoms with Crippen LogP contribution in [-0.2, 0) is 4.79 Å². The summed E-state index contributed by atoms with van der Waals surface area (Å²) in [6, 6.07) is 7.05. The maximum Gasteiger partial charge on any atom is 0.248 e. The highest BCUT2D eigenvalue weighted by Crippen LogP contribution is 2.47. The van der Waals surface area contributed by atoms with E-state index >= 15 is 0 Å². The molecule has 1 aromatic carbocycles. The van der Waals surface area contributed by atoms with Crippen molar-refractivity contribution in [1.82, 2.24) is 0 Å². The van der Waals surface area contributed by atoms with E-state index in [-0.39, 0.29) is 5.91 Å². The van der Waals surface area contributed by atoms with Crippen LogP contribution in [0.5, 0.6) is 11.5 Å². The van der Waals surface area contributed by atoms with Gasteiger partial charge in [-0.3, -0.25) is 4.79 Å². The molecule has 1 heterocycles. The molecule has 3 rings (SSSR count). The molecule has 25 heavy (non-hydrogen) atoms. The van der Waals surface area contributed by atoms with Crippen LogP contribution in [0.3, 0.4) is 0 Å². The van der Waals surface area contributed by atoms with Gasteiger partial charge in [0.25, 0.3) is 0 Å². The number of methoxy groups -OCH3 is 2. The van der Waals surface area contributed by atoms with E-state index < -0.39 is 0 Å². The predicted octanol–water partition coefficient (Wildman–Crippen LogP) is 4.73. The van der Waals surface area contributed by atoms with Gasteiger partial charge < -0.3 is 19.2 Å². The monoisotopic (exact) mass is 361 g/mol. The van der Waals surface area contributed by atoms with Crippen molar-refractivity contribution >= 4 is 29.3 Å². The zero-order chi connectivity index (χ0) is 18.0. The lowest BCUT2D eigenvalue weighted by Crippen LogP contribution is -2.09. The van der Waals surface area contributed by atoms with E-state index in [1.54, 1.807) is 18.2 Å². The van der Waals surface area contributed by atoms with E-state index in [9.17, 15) is 4.79 Å². The summed E-state index contributed by atoms with van der Waals surface area (Å²) < 4.78 is 16.1. The largest absolute Gasteiger partial charge is 0.495 e. The average molecular weight is 362 g/mol. The normalized spacial score (nSPS) is 19.0. The molecule has 5 nitrogen and oxygen atoms in total. The molecule has 0 saturated heterocycles. The summed E-state index contributed by atoms with van der Waals surface area (Å²) in [7, 11) is 3.02. The number of ether oxygens (including phenoxy) is 2. The number of hydrogen-bond acceptors (Lipinski definition) is 4. The third-order valence-corrected chi connectivity index (χ3v) is 4.55. The van der Waals surface area contributed by atoms with Gasteiger partial charge in [-0.05, 0) is 30.5 Å². The minimum Gasteiger partial charge on any atom is -0.495 e. The topological polar surface area (TPSA) is 60.7 Å². The van der Waals surface area contributed by atoms with Crippen molar-refractivity contribution < 1.29 is 18.7 Å². The fourth-order valence-electron chi connectivity index (χ4n) is 2.67. The second-order valence-corrected chi connectivity index (χ2v) is 6.48. The average Bonchev–Trinajstić information content (AvgIpc) is 3.14. The van der Waals surface area contributed by atoms with Crippen LogP contribution in [0, 0.1) is 5.92 Å². The Morgan fingerprint density at radius 3 is 2.64 bits per heavy atom. The van der Waals surface area contributed by atoms with E-state index in [0.29, 0.717) is 39.8 Å². The molecular formula is C19H20ClNO4. The molecule has 1 amide bonds. The quantitative estimate of drug-likeness (QED) is 0.756. The van der Waals surface area contributed by atoms with Crippen LogP contribution in [0.4, 0.5) is 5.69 Å². The van der Waals surface area contributed by atoms with Gasteiger partial charge >= 0.3 is 0 Å². The second kappa shape index (κ2) is 7.23. The van der Waals surface area contributed by atoms with Crippen LogP contribution >= 0.6 is 11.6 Å². The predicted molar refractivity (Wildman–Crippen MR) is 97.4 cm³/mol. The fraction of sp³-hybridized carbons (Fsp3) is 0.316. The van der Waals surface area contributed by atoms with E-state index in [1.165, 1.54) is 20.3 Å². The van der Waals surface area contributed by atoms with Crippen LogP contribution in [0.15, 0.2) is 34.8 Å². The molecule has 1 aliphatic rings. The van der Waals surface area contributed by atoms with Crippen molar-refractivity contribution in [3.05, 3.63) is 46.9 Å². The maximum absolute atomic E-state index is 12.2. The number of carbonyl (C=O) groups is 1. The Kier molecular flexibility index (Phi) is 5.04. The highest BCUT2D eigenvalue weighted by molar-refractivity contribution is 6.32. The molecule has 1 saturated carbocycles. The number of rotatable bonds is 6. The van der Waals surface area contributed by atoms with Crippen molar-refractivity contribution in [2.45, 2.75) is 19.3 Å². The Hall–Kier alpha value is -2.40. The van der Waals surface area contributed by atoms with Crippen molar-refractivity contribution in [1.29, 1.82) is 0 Å². The molecular weight excluding hydrogens is 342 g/mol.